The minimum Gasteiger partial charge on any atom is -0.490 e. The molecule has 0 fully saturated rings. The lowest BCUT2D eigenvalue weighted by Crippen LogP contribution is -2.34. The molecule has 0 N–H and O–H groups in total. The molecule has 0 radical (unpaired) electrons. The van der Waals surface area contributed by atoms with E-state index in [-0.39, 0.29) is 6.61 Å². The summed E-state index contributed by atoms with van der Waals surface area (Å²) in [6, 6.07) is 3.21. The van der Waals surface area contributed by atoms with Crippen LogP contribution in [0.1, 0.15) is 32.4 Å². The topological polar surface area (TPSA) is 60.4 Å². The number of hydrogen-bond acceptors (Lipinski definition) is 7. The zero-order chi connectivity index (χ0) is 21.0. The highest BCUT2D eigenvalue weighted by Crippen LogP contribution is 2.45. The van der Waals surface area contributed by atoms with Gasteiger partial charge in [0.1, 0.15) is 6.61 Å². The molecule has 2 heterocycles. The number of ether oxygens (including phenoxy) is 3. The summed E-state index contributed by atoms with van der Waals surface area (Å²) >= 11 is 8.05. The first kappa shape index (κ1) is 21.3. The van der Waals surface area contributed by atoms with Gasteiger partial charge in [-0.3, -0.25) is 0 Å². The lowest BCUT2D eigenvalue weighted by atomic mass is 9.94. The van der Waals surface area contributed by atoms with Gasteiger partial charge in [-0.15, -0.1) is 0 Å². The third kappa shape index (κ3) is 4.31. The predicted molar refractivity (Wildman–Crippen MR) is 116 cm³/mol. The third-order valence-electron chi connectivity index (χ3n) is 4.31. The molecule has 0 saturated heterocycles. The van der Waals surface area contributed by atoms with Crippen LogP contribution in [0.4, 0.5) is 0 Å². The average Bonchev–Trinajstić information content (AvgIpc) is 3.14. The van der Waals surface area contributed by atoms with E-state index in [2.05, 4.69) is 11.6 Å². The van der Waals surface area contributed by atoms with Gasteiger partial charge in [0.05, 0.1) is 35.5 Å². The molecule has 1 aromatic carbocycles. The van der Waals surface area contributed by atoms with Crippen LogP contribution in [0, 0.1) is 0 Å². The molecule has 6 nitrogen and oxygen atoms in total. The number of aliphatic imine (C=N–C) groups is 1. The van der Waals surface area contributed by atoms with E-state index < -0.39 is 12.0 Å². The van der Waals surface area contributed by atoms with E-state index >= 15 is 0 Å². The van der Waals surface area contributed by atoms with Gasteiger partial charge in [0.25, 0.3) is 0 Å². The Morgan fingerprint density at radius 3 is 2.83 bits per heavy atom. The predicted octanol–water partition coefficient (Wildman–Crippen LogP) is 5.07. The molecule has 1 unspecified atom stereocenters. The van der Waals surface area contributed by atoms with E-state index in [9.17, 15) is 4.79 Å². The van der Waals surface area contributed by atoms with Gasteiger partial charge in [-0.05, 0) is 43.9 Å². The Balaban J connectivity index is 2.12. The number of hydrogen-bond donors (Lipinski definition) is 0. The largest absolute Gasteiger partial charge is 0.490 e. The van der Waals surface area contributed by atoms with Crippen molar-refractivity contribution in [2.24, 2.45) is 4.99 Å². The summed E-state index contributed by atoms with van der Waals surface area (Å²) in [5.41, 5.74) is 1.88. The van der Waals surface area contributed by atoms with Crippen LogP contribution in [0.3, 0.4) is 0 Å². The Morgan fingerprint density at radius 2 is 2.14 bits per heavy atom. The quantitative estimate of drug-likeness (QED) is 0.420. The fourth-order valence-corrected chi connectivity index (χ4v) is 4.25. The summed E-state index contributed by atoms with van der Waals surface area (Å²) in [5.74, 6) is 0.563. The van der Waals surface area contributed by atoms with E-state index in [1.807, 2.05) is 36.4 Å². The SMILES string of the molecule is C=CCOc1c(Cl)cc(C2C(C(=O)OCC)=C(C)N=C3SC=CN32)cc1OCC. The second kappa shape index (κ2) is 9.41. The summed E-state index contributed by atoms with van der Waals surface area (Å²) < 4.78 is 16.8. The molecule has 2 aliphatic heterocycles. The standard InChI is InChI=1S/C21H23ClN2O4S/c1-5-9-28-19-15(22)11-14(12-16(19)26-6-2)18-17(20(25)27-7-3)13(4)23-21-24(18)8-10-29-21/h5,8,10-12,18H,1,6-7,9H2,2-4H3. The molecular formula is C21H23ClN2O4S. The summed E-state index contributed by atoms with van der Waals surface area (Å²) in [7, 11) is 0. The van der Waals surface area contributed by atoms with Crippen molar-refractivity contribution in [1.82, 2.24) is 4.90 Å². The molecule has 0 saturated carbocycles. The van der Waals surface area contributed by atoms with Crippen LogP contribution in [0.25, 0.3) is 0 Å². The fourth-order valence-electron chi connectivity index (χ4n) is 3.19. The van der Waals surface area contributed by atoms with E-state index in [0.717, 1.165) is 10.7 Å². The highest BCUT2D eigenvalue weighted by atomic mass is 35.5. The number of carbonyl (C=O) groups is 1. The molecule has 8 heteroatoms. The lowest BCUT2D eigenvalue weighted by molar-refractivity contribution is -0.139. The zero-order valence-corrected chi connectivity index (χ0v) is 18.2. The summed E-state index contributed by atoms with van der Waals surface area (Å²) in [6.07, 6.45) is 3.54. The van der Waals surface area contributed by atoms with Crippen LogP contribution in [0.15, 0.2) is 52.7 Å². The van der Waals surface area contributed by atoms with E-state index in [4.69, 9.17) is 25.8 Å². The van der Waals surface area contributed by atoms with Gasteiger partial charge in [-0.1, -0.05) is 36.0 Å². The summed E-state index contributed by atoms with van der Waals surface area (Å²) in [4.78, 5) is 19.3. The minimum absolute atomic E-state index is 0.281. The highest BCUT2D eigenvalue weighted by Gasteiger charge is 2.38. The monoisotopic (exact) mass is 434 g/mol. The van der Waals surface area contributed by atoms with Gasteiger partial charge in [-0.2, -0.15) is 0 Å². The van der Waals surface area contributed by atoms with Crippen LogP contribution < -0.4 is 9.47 Å². The first-order valence-corrected chi connectivity index (χ1v) is 10.6. The Labute approximate surface area is 179 Å². The summed E-state index contributed by atoms with van der Waals surface area (Å²) in [6.45, 7) is 10.2. The van der Waals surface area contributed by atoms with Crippen molar-refractivity contribution in [1.29, 1.82) is 0 Å². The number of amidine groups is 1. The van der Waals surface area contributed by atoms with Crippen molar-refractivity contribution in [3.05, 3.63) is 58.3 Å². The van der Waals surface area contributed by atoms with Crippen molar-refractivity contribution in [2.45, 2.75) is 26.8 Å². The first-order chi connectivity index (χ1) is 14.0. The van der Waals surface area contributed by atoms with Gasteiger partial charge < -0.3 is 19.1 Å². The molecule has 0 spiro atoms. The number of rotatable bonds is 8. The number of benzene rings is 1. The molecule has 0 aromatic heterocycles. The van der Waals surface area contributed by atoms with Crippen molar-refractivity contribution >= 4 is 34.5 Å². The van der Waals surface area contributed by atoms with Crippen LogP contribution >= 0.6 is 23.4 Å². The molecule has 2 aliphatic rings. The third-order valence-corrected chi connectivity index (χ3v) is 5.36. The maximum Gasteiger partial charge on any atom is 0.338 e. The number of allylic oxidation sites excluding steroid dienone is 1. The van der Waals surface area contributed by atoms with Crippen LogP contribution in [-0.4, -0.2) is 35.9 Å². The highest BCUT2D eigenvalue weighted by molar-refractivity contribution is 8.16. The molecule has 154 valence electrons. The van der Waals surface area contributed by atoms with Crippen molar-refractivity contribution in [3.8, 4) is 11.5 Å². The van der Waals surface area contributed by atoms with E-state index in [0.29, 0.717) is 41.0 Å². The van der Waals surface area contributed by atoms with Gasteiger partial charge in [0.15, 0.2) is 16.7 Å². The van der Waals surface area contributed by atoms with Gasteiger partial charge >= 0.3 is 5.97 Å². The lowest BCUT2D eigenvalue weighted by Gasteiger charge is -2.33. The number of carbonyl (C=O) groups excluding carboxylic acids is 1. The maximum absolute atomic E-state index is 12.8. The van der Waals surface area contributed by atoms with E-state index in [1.165, 1.54) is 11.8 Å². The molecular weight excluding hydrogens is 412 g/mol. The molecule has 0 aliphatic carbocycles. The van der Waals surface area contributed by atoms with Crippen LogP contribution in [0.5, 0.6) is 11.5 Å². The number of fused-ring (bicyclic) bond motifs is 1. The maximum atomic E-state index is 12.8. The minimum atomic E-state index is -0.432. The molecule has 0 amide bonds. The van der Waals surface area contributed by atoms with Crippen LogP contribution in [-0.2, 0) is 9.53 Å². The molecule has 29 heavy (non-hydrogen) atoms. The second-order valence-electron chi connectivity index (χ2n) is 6.19. The Bertz CT molecular complexity index is 910. The smallest absolute Gasteiger partial charge is 0.338 e. The molecule has 1 atom stereocenters. The average molecular weight is 435 g/mol. The number of nitrogens with zero attached hydrogens (tertiary/aromatic N) is 2. The fraction of sp³-hybridized carbons (Fsp3) is 0.333. The van der Waals surface area contributed by atoms with Crippen molar-refractivity contribution in [2.75, 3.05) is 19.8 Å². The second-order valence-corrected chi connectivity index (χ2v) is 7.47. The molecule has 3 rings (SSSR count). The summed E-state index contributed by atoms with van der Waals surface area (Å²) in [5, 5.41) is 3.12. The van der Waals surface area contributed by atoms with Gasteiger partial charge in [0.2, 0.25) is 0 Å². The van der Waals surface area contributed by atoms with Crippen molar-refractivity contribution in [3.63, 3.8) is 0 Å². The Morgan fingerprint density at radius 1 is 1.34 bits per heavy atom. The normalized spacial score (nSPS) is 17.7. The Hall–Kier alpha value is -2.38. The van der Waals surface area contributed by atoms with Gasteiger partial charge in [-0.25, -0.2) is 9.79 Å². The van der Waals surface area contributed by atoms with Gasteiger partial charge in [0, 0.05) is 6.20 Å². The zero-order valence-electron chi connectivity index (χ0n) is 16.6. The Kier molecular flexibility index (Phi) is 6.92. The van der Waals surface area contributed by atoms with E-state index in [1.54, 1.807) is 19.1 Å². The number of halogens is 1. The van der Waals surface area contributed by atoms with Crippen molar-refractivity contribution < 1.29 is 19.0 Å². The first-order valence-electron chi connectivity index (χ1n) is 9.29. The number of thioether (sulfide) groups is 1. The number of esters is 1. The van der Waals surface area contributed by atoms with Crippen LogP contribution in [0.2, 0.25) is 5.02 Å². The molecule has 1 aromatic rings. The molecule has 0 bridgehead atoms.